The number of carbonyl (C=O) groups is 1. The second-order valence-corrected chi connectivity index (χ2v) is 3.89. The molecule has 16 heavy (non-hydrogen) atoms. The van der Waals surface area contributed by atoms with Crippen LogP contribution in [-0.2, 0) is 11.3 Å². The second-order valence-electron chi connectivity index (χ2n) is 3.89. The highest BCUT2D eigenvalue weighted by Crippen LogP contribution is 2.10. The van der Waals surface area contributed by atoms with Crippen molar-refractivity contribution in [1.29, 1.82) is 0 Å². The lowest BCUT2D eigenvalue weighted by molar-refractivity contribution is -0.124. The van der Waals surface area contributed by atoms with Gasteiger partial charge in [-0.15, -0.1) is 0 Å². The molecule has 1 aromatic rings. The number of nitrogens with zero attached hydrogens (tertiary/aromatic N) is 3. The minimum Gasteiger partial charge on any atom is -0.368 e. The molecule has 0 spiro atoms. The summed E-state index contributed by atoms with van der Waals surface area (Å²) in [7, 11) is 0. The van der Waals surface area contributed by atoms with E-state index in [0.717, 1.165) is 24.5 Å². The van der Waals surface area contributed by atoms with Crippen LogP contribution in [0, 0.1) is 6.92 Å². The molecule has 2 heterocycles. The Labute approximate surface area is 92.9 Å². The minimum atomic E-state index is -0.318. The fourth-order valence-corrected chi connectivity index (χ4v) is 1.80. The van der Waals surface area contributed by atoms with Crippen LogP contribution in [0.15, 0.2) is 4.63 Å². The lowest BCUT2D eigenvalue weighted by Crippen LogP contribution is -2.56. The van der Waals surface area contributed by atoms with Crippen molar-refractivity contribution in [1.82, 2.24) is 20.5 Å². The first-order valence-electron chi connectivity index (χ1n) is 5.20. The third kappa shape index (κ3) is 2.20. The molecule has 1 aromatic heterocycles. The molecule has 1 unspecified atom stereocenters. The molecule has 1 atom stereocenters. The maximum Gasteiger partial charge on any atom is 0.236 e. The molecule has 1 aliphatic heterocycles. The SMILES string of the molecule is Cc1nonc1CN1CCNCC1C(N)=O. The van der Waals surface area contributed by atoms with Crippen molar-refractivity contribution in [2.75, 3.05) is 19.6 Å². The van der Waals surface area contributed by atoms with Crippen LogP contribution in [0.5, 0.6) is 0 Å². The first-order chi connectivity index (χ1) is 7.68. The Balaban J connectivity index is 2.07. The van der Waals surface area contributed by atoms with Crippen molar-refractivity contribution in [3.05, 3.63) is 11.4 Å². The van der Waals surface area contributed by atoms with Gasteiger partial charge in [0, 0.05) is 26.2 Å². The second kappa shape index (κ2) is 4.58. The molecular weight excluding hydrogens is 210 g/mol. The van der Waals surface area contributed by atoms with Gasteiger partial charge in [0.05, 0.1) is 0 Å². The predicted octanol–water partition coefficient (Wildman–Crippen LogP) is -1.36. The smallest absolute Gasteiger partial charge is 0.236 e. The average Bonchev–Trinajstić information content (AvgIpc) is 2.65. The van der Waals surface area contributed by atoms with E-state index in [-0.39, 0.29) is 11.9 Å². The molecule has 1 amide bonds. The summed E-state index contributed by atoms with van der Waals surface area (Å²) in [6.07, 6.45) is 0. The zero-order valence-electron chi connectivity index (χ0n) is 9.14. The largest absolute Gasteiger partial charge is 0.368 e. The summed E-state index contributed by atoms with van der Waals surface area (Å²) >= 11 is 0. The molecule has 7 nitrogen and oxygen atoms in total. The molecule has 2 rings (SSSR count). The third-order valence-electron chi connectivity index (χ3n) is 2.78. The van der Waals surface area contributed by atoms with Gasteiger partial charge in [0.15, 0.2) is 0 Å². The number of hydrogen-bond donors (Lipinski definition) is 2. The van der Waals surface area contributed by atoms with E-state index in [4.69, 9.17) is 5.73 Å². The number of primary amides is 1. The fraction of sp³-hybridized carbons (Fsp3) is 0.667. The van der Waals surface area contributed by atoms with Crippen molar-refractivity contribution in [3.8, 4) is 0 Å². The van der Waals surface area contributed by atoms with Crippen molar-refractivity contribution < 1.29 is 9.42 Å². The van der Waals surface area contributed by atoms with Gasteiger partial charge >= 0.3 is 0 Å². The van der Waals surface area contributed by atoms with Crippen LogP contribution in [0.2, 0.25) is 0 Å². The third-order valence-corrected chi connectivity index (χ3v) is 2.78. The fourth-order valence-electron chi connectivity index (χ4n) is 1.80. The first kappa shape index (κ1) is 11.0. The Morgan fingerprint density at radius 2 is 2.50 bits per heavy atom. The normalized spacial score (nSPS) is 22.2. The van der Waals surface area contributed by atoms with Gasteiger partial charge in [0.2, 0.25) is 5.91 Å². The summed E-state index contributed by atoms with van der Waals surface area (Å²) in [6, 6.07) is -0.287. The molecule has 0 aromatic carbocycles. The van der Waals surface area contributed by atoms with Crippen LogP contribution in [0.4, 0.5) is 0 Å². The molecule has 0 bridgehead atoms. The topological polar surface area (TPSA) is 97.3 Å². The monoisotopic (exact) mass is 225 g/mol. The van der Waals surface area contributed by atoms with Gasteiger partial charge in [-0.2, -0.15) is 0 Å². The average molecular weight is 225 g/mol. The molecular formula is C9H15N5O2. The number of hydrogen-bond acceptors (Lipinski definition) is 6. The van der Waals surface area contributed by atoms with Gasteiger partial charge < -0.3 is 11.1 Å². The van der Waals surface area contributed by atoms with E-state index in [0.29, 0.717) is 13.1 Å². The van der Waals surface area contributed by atoms with E-state index in [1.807, 2.05) is 11.8 Å². The summed E-state index contributed by atoms with van der Waals surface area (Å²) in [5, 5.41) is 10.6. The molecule has 0 aliphatic carbocycles. The standard InChI is InChI=1S/C9H15N5O2/c1-6-7(13-16-12-6)5-14-3-2-11-4-8(14)9(10)15/h8,11H,2-5H2,1H3,(H2,10,15). The van der Waals surface area contributed by atoms with Crippen molar-refractivity contribution in [2.24, 2.45) is 5.73 Å². The van der Waals surface area contributed by atoms with Gasteiger partial charge in [0.25, 0.3) is 0 Å². The summed E-state index contributed by atoms with van der Waals surface area (Å²) in [4.78, 5) is 13.3. The summed E-state index contributed by atoms with van der Waals surface area (Å²) in [5.74, 6) is -0.318. The van der Waals surface area contributed by atoms with E-state index >= 15 is 0 Å². The predicted molar refractivity (Wildman–Crippen MR) is 55.3 cm³/mol. The molecule has 0 saturated carbocycles. The van der Waals surface area contributed by atoms with Crippen LogP contribution in [-0.4, -0.2) is 46.8 Å². The maximum absolute atomic E-state index is 11.3. The van der Waals surface area contributed by atoms with E-state index < -0.39 is 0 Å². The Morgan fingerprint density at radius 3 is 3.12 bits per heavy atom. The number of nitrogens with two attached hydrogens (primary N) is 1. The highest BCUT2D eigenvalue weighted by molar-refractivity contribution is 5.80. The number of piperazine rings is 1. The highest BCUT2D eigenvalue weighted by Gasteiger charge is 2.27. The Kier molecular flexibility index (Phi) is 3.16. The number of rotatable bonds is 3. The Bertz CT molecular complexity index is 378. The Morgan fingerprint density at radius 1 is 1.69 bits per heavy atom. The Hall–Kier alpha value is -1.47. The van der Waals surface area contributed by atoms with Crippen molar-refractivity contribution in [2.45, 2.75) is 19.5 Å². The van der Waals surface area contributed by atoms with Gasteiger partial charge in [-0.05, 0) is 6.92 Å². The number of carbonyl (C=O) groups excluding carboxylic acids is 1. The maximum atomic E-state index is 11.3. The molecule has 1 saturated heterocycles. The van der Waals surface area contributed by atoms with Crippen molar-refractivity contribution in [3.63, 3.8) is 0 Å². The van der Waals surface area contributed by atoms with Gasteiger partial charge in [-0.25, -0.2) is 4.63 Å². The summed E-state index contributed by atoms with van der Waals surface area (Å²) in [6.45, 7) is 4.56. The first-order valence-corrected chi connectivity index (χ1v) is 5.20. The van der Waals surface area contributed by atoms with Crippen LogP contribution in [0.1, 0.15) is 11.4 Å². The van der Waals surface area contributed by atoms with E-state index in [1.165, 1.54) is 0 Å². The number of nitrogens with one attached hydrogen (secondary N) is 1. The molecule has 1 fully saturated rings. The van der Waals surface area contributed by atoms with E-state index in [2.05, 4.69) is 20.3 Å². The summed E-state index contributed by atoms with van der Waals surface area (Å²) in [5.41, 5.74) is 6.85. The molecule has 1 aliphatic rings. The zero-order valence-corrected chi connectivity index (χ0v) is 9.14. The van der Waals surface area contributed by atoms with Crippen LogP contribution in [0.25, 0.3) is 0 Å². The van der Waals surface area contributed by atoms with Gasteiger partial charge in [-0.3, -0.25) is 9.69 Å². The number of aryl methyl sites for hydroxylation is 1. The molecule has 7 heteroatoms. The summed E-state index contributed by atoms with van der Waals surface area (Å²) < 4.78 is 4.62. The van der Waals surface area contributed by atoms with E-state index in [1.54, 1.807) is 0 Å². The van der Waals surface area contributed by atoms with Gasteiger partial charge in [0.1, 0.15) is 17.4 Å². The molecule has 0 radical (unpaired) electrons. The quantitative estimate of drug-likeness (QED) is 0.659. The van der Waals surface area contributed by atoms with E-state index in [9.17, 15) is 4.79 Å². The molecule has 3 N–H and O–H groups in total. The van der Waals surface area contributed by atoms with Crippen LogP contribution in [0.3, 0.4) is 0 Å². The van der Waals surface area contributed by atoms with Crippen molar-refractivity contribution >= 4 is 5.91 Å². The van der Waals surface area contributed by atoms with Gasteiger partial charge in [-0.1, -0.05) is 10.3 Å². The zero-order chi connectivity index (χ0) is 11.5. The van der Waals surface area contributed by atoms with Crippen LogP contribution < -0.4 is 11.1 Å². The number of aromatic nitrogens is 2. The molecule has 88 valence electrons. The minimum absolute atomic E-state index is 0.287. The lowest BCUT2D eigenvalue weighted by Gasteiger charge is -2.33. The lowest BCUT2D eigenvalue weighted by atomic mass is 10.1. The van der Waals surface area contributed by atoms with Crippen LogP contribution >= 0.6 is 0 Å². The number of amides is 1. The highest BCUT2D eigenvalue weighted by atomic mass is 16.6.